The molecule has 0 atom stereocenters. The lowest BCUT2D eigenvalue weighted by Gasteiger charge is -2.30. The Bertz CT molecular complexity index is 543. The van der Waals surface area contributed by atoms with Gasteiger partial charge in [0.1, 0.15) is 5.78 Å². The molecular weight excluding hydrogens is 254 g/mol. The molecule has 3 rings (SSSR count). The topological polar surface area (TPSA) is 46.6 Å². The molecule has 4 nitrogen and oxygen atoms in total. The average Bonchev–Trinajstić information content (AvgIpc) is 2.94. The van der Waals surface area contributed by atoms with Crippen LogP contribution >= 0.6 is 0 Å². The van der Waals surface area contributed by atoms with Crippen molar-refractivity contribution in [3.63, 3.8) is 0 Å². The molecule has 1 heterocycles. The van der Waals surface area contributed by atoms with Gasteiger partial charge >= 0.3 is 0 Å². The quantitative estimate of drug-likeness (QED) is 0.830. The van der Waals surface area contributed by atoms with Crippen molar-refractivity contribution in [3.8, 4) is 0 Å². The van der Waals surface area contributed by atoms with Gasteiger partial charge in [-0.25, -0.2) is 0 Å². The van der Waals surface area contributed by atoms with Crippen LogP contribution in [0, 0.1) is 0 Å². The second-order valence-corrected chi connectivity index (χ2v) is 5.66. The van der Waals surface area contributed by atoms with Crippen molar-refractivity contribution >= 4 is 11.7 Å². The molecule has 1 fully saturated rings. The van der Waals surface area contributed by atoms with E-state index in [1.54, 1.807) is 4.90 Å². The maximum atomic E-state index is 12.5. The summed E-state index contributed by atoms with van der Waals surface area (Å²) in [5.41, 5.74) is 3.00. The molecule has 0 aromatic heterocycles. The number of fused-ring (bicyclic) bond motifs is 1. The Balaban J connectivity index is 1.73. The standard InChI is InChI=1S/C16H19NO3/c1-17(14-4-6-15(18)7-5-14)16(19)11-2-3-12-9-20-10-13(12)8-11/h2-3,8,14H,4-7,9-10H2,1H3. The smallest absolute Gasteiger partial charge is 0.253 e. The zero-order valence-corrected chi connectivity index (χ0v) is 11.7. The van der Waals surface area contributed by atoms with E-state index in [0.717, 1.165) is 18.4 Å². The minimum atomic E-state index is 0.0408. The summed E-state index contributed by atoms with van der Waals surface area (Å²) in [5.74, 6) is 0.357. The van der Waals surface area contributed by atoms with Gasteiger partial charge in [0.2, 0.25) is 0 Å². The maximum Gasteiger partial charge on any atom is 0.253 e. The Hall–Kier alpha value is -1.68. The van der Waals surface area contributed by atoms with Crippen molar-refractivity contribution in [1.82, 2.24) is 4.90 Å². The first-order chi connectivity index (χ1) is 9.65. The van der Waals surface area contributed by atoms with E-state index in [2.05, 4.69) is 0 Å². The van der Waals surface area contributed by atoms with Crippen LogP contribution in [0.4, 0.5) is 0 Å². The highest BCUT2D eigenvalue weighted by Gasteiger charge is 2.26. The molecule has 1 aromatic rings. The van der Waals surface area contributed by atoms with Crippen LogP contribution in [0.2, 0.25) is 0 Å². The Morgan fingerprint density at radius 3 is 2.65 bits per heavy atom. The molecule has 106 valence electrons. The zero-order valence-electron chi connectivity index (χ0n) is 11.7. The Morgan fingerprint density at radius 1 is 1.20 bits per heavy atom. The van der Waals surface area contributed by atoms with E-state index in [9.17, 15) is 9.59 Å². The molecule has 1 saturated carbocycles. The van der Waals surface area contributed by atoms with Gasteiger partial charge in [-0.05, 0) is 36.1 Å². The van der Waals surface area contributed by atoms with Crippen molar-refractivity contribution < 1.29 is 14.3 Å². The summed E-state index contributed by atoms with van der Waals surface area (Å²) in [6.07, 6.45) is 2.77. The Kier molecular flexibility index (Phi) is 3.57. The number of carbonyl (C=O) groups is 2. The first-order valence-corrected chi connectivity index (χ1v) is 7.13. The third-order valence-electron chi connectivity index (χ3n) is 4.35. The molecular formula is C16H19NO3. The van der Waals surface area contributed by atoms with Gasteiger partial charge in [-0.1, -0.05) is 6.07 Å². The number of carbonyl (C=O) groups excluding carboxylic acids is 2. The molecule has 1 amide bonds. The van der Waals surface area contributed by atoms with E-state index in [0.29, 0.717) is 37.4 Å². The predicted molar refractivity (Wildman–Crippen MR) is 74.3 cm³/mol. The van der Waals surface area contributed by atoms with Gasteiger partial charge in [0.25, 0.3) is 5.91 Å². The minimum Gasteiger partial charge on any atom is -0.372 e. The van der Waals surface area contributed by atoms with Crippen LogP contribution in [0.3, 0.4) is 0 Å². The number of nitrogens with zero attached hydrogens (tertiary/aromatic N) is 1. The number of hydrogen-bond acceptors (Lipinski definition) is 3. The molecule has 0 spiro atoms. The van der Waals surface area contributed by atoms with Gasteiger partial charge in [0.15, 0.2) is 0 Å². The fourth-order valence-corrected chi connectivity index (χ4v) is 2.99. The van der Waals surface area contributed by atoms with Gasteiger partial charge in [-0.2, -0.15) is 0 Å². The molecule has 1 aromatic carbocycles. The number of ketones is 1. The lowest BCUT2D eigenvalue weighted by atomic mass is 9.93. The van der Waals surface area contributed by atoms with Crippen LogP contribution < -0.4 is 0 Å². The number of benzene rings is 1. The number of ether oxygens (including phenoxy) is 1. The summed E-state index contributed by atoms with van der Waals surface area (Å²) in [5, 5.41) is 0. The fraction of sp³-hybridized carbons (Fsp3) is 0.500. The van der Waals surface area contributed by atoms with E-state index in [1.807, 2.05) is 25.2 Å². The lowest BCUT2D eigenvalue weighted by Crippen LogP contribution is -2.39. The lowest BCUT2D eigenvalue weighted by molar-refractivity contribution is -0.121. The van der Waals surface area contributed by atoms with Gasteiger partial charge in [-0.15, -0.1) is 0 Å². The molecule has 4 heteroatoms. The number of amides is 1. The van der Waals surface area contributed by atoms with Crippen LogP contribution in [0.5, 0.6) is 0 Å². The monoisotopic (exact) mass is 273 g/mol. The maximum absolute atomic E-state index is 12.5. The number of Topliss-reactive ketones (excluding diaryl/α,β-unsaturated/α-hetero) is 1. The molecule has 0 unspecified atom stereocenters. The average molecular weight is 273 g/mol. The third-order valence-corrected chi connectivity index (χ3v) is 4.35. The van der Waals surface area contributed by atoms with Crippen molar-refractivity contribution in [3.05, 3.63) is 34.9 Å². The number of hydrogen-bond donors (Lipinski definition) is 0. The second-order valence-electron chi connectivity index (χ2n) is 5.66. The largest absolute Gasteiger partial charge is 0.372 e. The summed E-state index contributed by atoms with van der Waals surface area (Å²) in [6, 6.07) is 5.98. The van der Waals surface area contributed by atoms with Crippen molar-refractivity contribution in [2.45, 2.75) is 44.9 Å². The molecule has 2 aliphatic rings. The minimum absolute atomic E-state index is 0.0408. The summed E-state index contributed by atoms with van der Waals surface area (Å²) in [6.45, 7) is 1.24. The van der Waals surface area contributed by atoms with E-state index < -0.39 is 0 Å². The molecule has 20 heavy (non-hydrogen) atoms. The van der Waals surface area contributed by atoms with Crippen LogP contribution in [0.15, 0.2) is 18.2 Å². The van der Waals surface area contributed by atoms with E-state index in [-0.39, 0.29) is 11.9 Å². The first kappa shape index (κ1) is 13.3. The van der Waals surface area contributed by atoms with Gasteiger partial charge in [-0.3, -0.25) is 9.59 Å². The van der Waals surface area contributed by atoms with E-state index in [4.69, 9.17) is 4.74 Å². The second kappa shape index (κ2) is 5.37. The molecule has 0 radical (unpaired) electrons. The molecule has 0 bridgehead atoms. The Morgan fingerprint density at radius 2 is 1.90 bits per heavy atom. The van der Waals surface area contributed by atoms with Crippen LogP contribution in [-0.4, -0.2) is 29.7 Å². The van der Waals surface area contributed by atoms with Crippen LogP contribution in [0.25, 0.3) is 0 Å². The summed E-state index contributed by atoms with van der Waals surface area (Å²) in [4.78, 5) is 25.6. The Labute approximate surface area is 118 Å². The molecule has 1 aliphatic carbocycles. The van der Waals surface area contributed by atoms with Gasteiger partial charge in [0.05, 0.1) is 13.2 Å². The van der Waals surface area contributed by atoms with Gasteiger partial charge < -0.3 is 9.64 Å². The fourth-order valence-electron chi connectivity index (χ4n) is 2.99. The summed E-state index contributed by atoms with van der Waals surface area (Å²) < 4.78 is 5.38. The van der Waals surface area contributed by atoms with E-state index in [1.165, 1.54) is 5.56 Å². The normalized spacial score (nSPS) is 18.9. The van der Waals surface area contributed by atoms with Gasteiger partial charge in [0, 0.05) is 31.5 Å². The van der Waals surface area contributed by atoms with Crippen molar-refractivity contribution in [1.29, 1.82) is 0 Å². The molecule has 0 saturated heterocycles. The van der Waals surface area contributed by atoms with Crippen molar-refractivity contribution in [2.75, 3.05) is 7.05 Å². The van der Waals surface area contributed by atoms with E-state index >= 15 is 0 Å². The van der Waals surface area contributed by atoms with Crippen molar-refractivity contribution in [2.24, 2.45) is 0 Å². The predicted octanol–water partition coefficient (Wildman–Crippen LogP) is 2.30. The molecule has 0 N–H and O–H groups in total. The highest BCUT2D eigenvalue weighted by atomic mass is 16.5. The third kappa shape index (κ3) is 2.48. The highest BCUT2D eigenvalue weighted by molar-refractivity contribution is 5.94. The molecule has 1 aliphatic heterocycles. The highest BCUT2D eigenvalue weighted by Crippen LogP contribution is 2.24. The SMILES string of the molecule is CN(C(=O)c1ccc2c(c1)COC2)C1CCC(=O)CC1. The summed E-state index contributed by atoms with van der Waals surface area (Å²) in [7, 11) is 1.84. The summed E-state index contributed by atoms with van der Waals surface area (Å²) >= 11 is 0. The van der Waals surface area contributed by atoms with Crippen LogP contribution in [0.1, 0.15) is 47.2 Å². The number of rotatable bonds is 2. The zero-order chi connectivity index (χ0) is 14.1. The van der Waals surface area contributed by atoms with Crippen LogP contribution in [-0.2, 0) is 22.7 Å². The first-order valence-electron chi connectivity index (χ1n) is 7.13.